The van der Waals surface area contributed by atoms with Crippen molar-refractivity contribution in [2.45, 2.75) is 85.5 Å². The molecule has 0 bridgehead atoms. The molecule has 8 heteroatoms. The van der Waals surface area contributed by atoms with Crippen molar-refractivity contribution in [1.29, 1.82) is 0 Å². The van der Waals surface area contributed by atoms with Crippen LogP contribution in [0, 0.1) is 11.8 Å². The smallest absolute Gasteiger partial charge is 0.405 e. The average Bonchev–Trinajstić information content (AvgIpc) is 2.80. The number of hydrogen-bond donors (Lipinski definition) is 4. The molecule has 0 aliphatic carbocycles. The van der Waals surface area contributed by atoms with Crippen LogP contribution in [0.1, 0.15) is 66.4 Å². The van der Waals surface area contributed by atoms with E-state index in [0.717, 1.165) is 24.0 Å². The van der Waals surface area contributed by atoms with E-state index < -0.39 is 18.3 Å². The Morgan fingerprint density at radius 1 is 1.17 bits per heavy atom. The number of aryl methyl sites for hydroxylation is 1. The van der Waals surface area contributed by atoms with Crippen molar-refractivity contribution in [2.24, 2.45) is 17.6 Å². The molecule has 0 aromatic heterocycles. The maximum absolute atomic E-state index is 12.6. The standard InChI is InChI=1S/C28H44N2O6/c1-8-10-22-14-23(16-24(31)15-22)30-27(33)18(3)12-9-11-17(2)26(36-28(29)34)20(5)13-19(4)25(32)21(6)35-7/h12-17,19,21,25-26,31-32H,8-11H2,1-7H3,(H2,29,34)(H,30,33)/b18-12+,20-13+/t17-,19-,21-,25+,26+/m0/s1. The number of nitrogens with two attached hydrogens (primary N) is 1. The zero-order valence-electron chi connectivity index (χ0n) is 22.7. The fraction of sp³-hybridized carbons (Fsp3) is 0.571. The number of methoxy groups -OCH3 is 1. The molecule has 0 aliphatic heterocycles. The summed E-state index contributed by atoms with van der Waals surface area (Å²) in [5.41, 5.74) is 8.18. The van der Waals surface area contributed by atoms with Gasteiger partial charge in [0.05, 0.1) is 12.2 Å². The van der Waals surface area contributed by atoms with Crippen LogP contribution >= 0.6 is 0 Å². The van der Waals surface area contributed by atoms with Gasteiger partial charge in [0.15, 0.2) is 0 Å². The summed E-state index contributed by atoms with van der Waals surface area (Å²) in [6.07, 6.45) is 4.25. The number of amides is 2. The highest BCUT2D eigenvalue weighted by Gasteiger charge is 2.25. The van der Waals surface area contributed by atoms with Gasteiger partial charge in [0, 0.05) is 30.4 Å². The molecule has 0 radical (unpaired) electrons. The molecule has 0 spiro atoms. The summed E-state index contributed by atoms with van der Waals surface area (Å²) in [6.45, 7) is 11.3. The van der Waals surface area contributed by atoms with Crippen molar-refractivity contribution in [2.75, 3.05) is 12.4 Å². The monoisotopic (exact) mass is 504 g/mol. The van der Waals surface area contributed by atoms with Gasteiger partial charge in [-0.3, -0.25) is 4.79 Å². The van der Waals surface area contributed by atoms with Gasteiger partial charge in [0.2, 0.25) is 0 Å². The minimum absolute atomic E-state index is 0.0762. The van der Waals surface area contributed by atoms with E-state index >= 15 is 0 Å². The topological polar surface area (TPSA) is 131 Å². The number of phenolic OH excluding ortho intramolecular Hbond substituents is 1. The maximum atomic E-state index is 12.6. The molecule has 1 aromatic carbocycles. The number of benzene rings is 1. The number of phenols is 1. The number of nitrogens with one attached hydrogen (secondary N) is 1. The van der Waals surface area contributed by atoms with Crippen LogP contribution in [0.2, 0.25) is 0 Å². The van der Waals surface area contributed by atoms with E-state index in [1.54, 1.807) is 27.0 Å². The van der Waals surface area contributed by atoms with Crippen molar-refractivity contribution in [3.63, 3.8) is 0 Å². The van der Waals surface area contributed by atoms with E-state index in [2.05, 4.69) is 12.2 Å². The normalized spacial score (nSPS) is 16.6. The molecule has 1 aromatic rings. The fourth-order valence-electron chi connectivity index (χ4n) is 4.17. The molecule has 0 saturated heterocycles. The number of allylic oxidation sites excluding steroid dienone is 1. The number of ether oxygens (including phenoxy) is 2. The minimum atomic E-state index is -0.863. The second-order valence-electron chi connectivity index (χ2n) is 9.59. The summed E-state index contributed by atoms with van der Waals surface area (Å²) in [7, 11) is 1.54. The Kier molecular flexibility index (Phi) is 13.3. The van der Waals surface area contributed by atoms with Gasteiger partial charge in [-0.25, -0.2) is 4.79 Å². The SMILES string of the molecule is CCCc1cc(O)cc(NC(=O)/C(C)=C/CC[C@H](C)[C@@H](OC(N)=O)/C(C)=C/[C@H](C)[C@@H](O)[C@H](C)OC)c1. The fourth-order valence-corrected chi connectivity index (χ4v) is 4.17. The highest BCUT2D eigenvalue weighted by molar-refractivity contribution is 6.03. The zero-order chi connectivity index (χ0) is 27.4. The Balaban J connectivity index is 2.83. The molecule has 0 fully saturated rings. The number of hydrogen-bond acceptors (Lipinski definition) is 6. The van der Waals surface area contributed by atoms with Crippen LogP contribution in [0.5, 0.6) is 5.75 Å². The van der Waals surface area contributed by atoms with Crippen LogP contribution < -0.4 is 11.1 Å². The van der Waals surface area contributed by atoms with Crippen LogP contribution in [0.4, 0.5) is 10.5 Å². The summed E-state index contributed by atoms with van der Waals surface area (Å²) in [4.78, 5) is 24.2. The highest BCUT2D eigenvalue weighted by atomic mass is 16.6. The first kappa shape index (κ1) is 31.2. The molecule has 2 amide bonds. The van der Waals surface area contributed by atoms with Gasteiger partial charge in [-0.1, -0.05) is 39.3 Å². The third-order valence-electron chi connectivity index (χ3n) is 6.33. The number of primary amides is 1. The summed E-state index contributed by atoms with van der Waals surface area (Å²) in [5, 5.41) is 23.2. The number of anilines is 1. The minimum Gasteiger partial charge on any atom is -0.508 e. The van der Waals surface area contributed by atoms with Gasteiger partial charge in [0.25, 0.3) is 5.91 Å². The van der Waals surface area contributed by atoms with Crippen molar-refractivity contribution >= 4 is 17.7 Å². The molecule has 0 heterocycles. The quantitative estimate of drug-likeness (QED) is 0.206. The van der Waals surface area contributed by atoms with Crippen molar-refractivity contribution in [3.05, 3.63) is 47.1 Å². The molecular formula is C28H44N2O6. The summed E-state index contributed by atoms with van der Waals surface area (Å²) < 4.78 is 10.6. The molecule has 202 valence electrons. The number of carbonyl (C=O) groups is 2. The lowest BCUT2D eigenvalue weighted by molar-refractivity contribution is -0.112. The Labute approximate surface area is 215 Å². The number of aromatic hydroxyl groups is 1. The number of aliphatic hydroxyl groups excluding tert-OH is 1. The third-order valence-corrected chi connectivity index (χ3v) is 6.33. The molecular weight excluding hydrogens is 460 g/mol. The predicted octanol–water partition coefficient (Wildman–Crippen LogP) is 5.09. The van der Waals surface area contributed by atoms with E-state index in [-0.39, 0.29) is 29.6 Å². The molecule has 36 heavy (non-hydrogen) atoms. The first-order chi connectivity index (χ1) is 16.9. The first-order valence-electron chi connectivity index (χ1n) is 12.6. The molecule has 1 rings (SSSR count). The van der Waals surface area contributed by atoms with E-state index in [1.165, 1.54) is 6.07 Å². The number of aliphatic hydroxyl groups is 1. The number of carbonyl (C=O) groups excluding carboxylic acids is 2. The molecule has 5 atom stereocenters. The summed E-state index contributed by atoms with van der Waals surface area (Å²) in [6, 6.07) is 5.09. The van der Waals surface area contributed by atoms with E-state index in [1.807, 2.05) is 39.0 Å². The molecule has 8 nitrogen and oxygen atoms in total. The third kappa shape index (κ3) is 10.4. The van der Waals surface area contributed by atoms with Crippen LogP contribution in [0.25, 0.3) is 0 Å². The molecule has 0 unspecified atom stereocenters. The van der Waals surface area contributed by atoms with E-state index in [0.29, 0.717) is 24.1 Å². The van der Waals surface area contributed by atoms with Crippen LogP contribution in [0.15, 0.2) is 41.5 Å². The Morgan fingerprint density at radius 2 is 1.83 bits per heavy atom. The first-order valence-corrected chi connectivity index (χ1v) is 12.6. The van der Waals surface area contributed by atoms with Gasteiger partial charge in [-0.2, -0.15) is 0 Å². The zero-order valence-corrected chi connectivity index (χ0v) is 22.7. The van der Waals surface area contributed by atoms with Crippen LogP contribution in [-0.2, 0) is 20.7 Å². The predicted molar refractivity (Wildman–Crippen MR) is 143 cm³/mol. The second kappa shape index (κ2) is 15.3. The Hall–Kier alpha value is -2.84. The van der Waals surface area contributed by atoms with Crippen LogP contribution in [-0.4, -0.2) is 47.6 Å². The van der Waals surface area contributed by atoms with Gasteiger partial charge in [0.1, 0.15) is 11.9 Å². The van der Waals surface area contributed by atoms with Crippen molar-refractivity contribution in [1.82, 2.24) is 0 Å². The van der Waals surface area contributed by atoms with E-state index in [9.17, 15) is 19.8 Å². The Bertz CT molecular complexity index is 927. The lowest BCUT2D eigenvalue weighted by Crippen LogP contribution is -2.32. The maximum Gasteiger partial charge on any atom is 0.405 e. The van der Waals surface area contributed by atoms with E-state index in [4.69, 9.17) is 15.2 Å². The lowest BCUT2D eigenvalue weighted by Gasteiger charge is -2.27. The molecule has 0 aliphatic rings. The largest absolute Gasteiger partial charge is 0.508 e. The Morgan fingerprint density at radius 3 is 2.42 bits per heavy atom. The summed E-state index contributed by atoms with van der Waals surface area (Å²) >= 11 is 0. The van der Waals surface area contributed by atoms with Crippen molar-refractivity contribution < 1.29 is 29.3 Å². The molecule has 0 saturated carbocycles. The van der Waals surface area contributed by atoms with Gasteiger partial charge < -0.3 is 30.7 Å². The second-order valence-corrected chi connectivity index (χ2v) is 9.59. The van der Waals surface area contributed by atoms with Gasteiger partial charge in [-0.05, 0) is 69.2 Å². The molecule has 5 N–H and O–H groups in total. The summed E-state index contributed by atoms with van der Waals surface area (Å²) in [5.74, 6) is -0.416. The number of rotatable bonds is 14. The lowest BCUT2D eigenvalue weighted by atomic mass is 9.90. The highest BCUT2D eigenvalue weighted by Crippen LogP contribution is 2.25. The van der Waals surface area contributed by atoms with Crippen LogP contribution in [0.3, 0.4) is 0 Å². The van der Waals surface area contributed by atoms with Gasteiger partial charge in [-0.15, -0.1) is 0 Å². The average molecular weight is 505 g/mol. The van der Waals surface area contributed by atoms with Gasteiger partial charge >= 0.3 is 6.09 Å². The van der Waals surface area contributed by atoms with Crippen molar-refractivity contribution in [3.8, 4) is 5.75 Å².